The van der Waals surface area contributed by atoms with Crippen LogP contribution in [0.1, 0.15) is 26.7 Å². The second-order valence-corrected chi connectivity index (χ2v) is 5.31. The van der Waals surface area contributed by atoms with Crippen LogP contribution in [0.3, 0.4) is 0 Å². The summed E-state index contributed by atoms with van der Waals surface area (Å²) in [7, 11) is 0. The van der Waals surface area contributed by atoms with Crippen LogP contribution in [0, 0.1) is 5.92 Å². The summed E-state index contributed by atoms with van der Waals surface area (Å²) >= 11 is 0. The van der Waals surface area contributed by atoms with Gasteiger partial charge >= 0.3 is 0 Å². The van der Waals surface area contributed by atoms with Crippen molar-refractivity contribution in [3.8, 4) is 0 Å². The highest BCUT2D eigenvalue weighted by molar-refractivity contribution is 5.99. The first-order valence-electron chi connectivity index (χ1n) is 7.00. The van der Waals surface area contributed by atoms with Crippen molar-refractivity contribution in [2.75, 3.05) is 6.54 Å². The lowest BCUT2D eigenvalue weighted by atomic mass is 9.86. The molecule has 2 atom stereocenters. The quantitative estimate of drug-likeness (QED) is 0.855. The molecule has 0 bridgehead atoms. The molecule has 108 valence electrons. The maximum Gasteiger partial charge on any atom is 0.130 e. The fraction of sp³-hybridized carbons (Fsp3) is 0.438. The molecule has 0 saturated carbocycles. The van der Waals surface area contributed by atoms with Crippen LogP contribution in [0.5, 0.6) is 0 Å². The van der Waals surface area contributed by atoms with Crippen LogP contribution < -0.4 is 5.73 Å². The number of hydrogen-bond donors (Lipinski definition) is 1. The zero-order valence-electron chi connectivity index (χ0n) is 12.1. The maximum atomic E-state index is 12.7. The molecule has 0 amide bonds. The minimum atomic E-state index is 0.0691. The highest BCUT2D eigenvalue weighted by Crippen LogP contribution is 2.31. The van der Waals surface area contributed by atoms with Crippen LogP contribution in [0.25, 0.3) is 0 Å². The van der Waals surface area contributed by atoms with Crippen LogP contribution in [-0.4, -0.2) is 23.3 Å². The first kappa shape index (κ1) is 14.6. The zero-order valence-corrected chi connectivity index (χ0v) is 12.1. The van der Waals surface area contributed by atoms with Gasteiger partial charge < -0.3 is 10.6 Å². The van der Waals surface area contributed by atoms with Gasteiger partial charge in [0.15, 0.2) is 0 Å². The first-order valence-corrected chi connectivity index (χ1v) is 7.00. The summed E-state index contributed by atoms with van der Waals surface area (Å²) in [6.45, 7) is 8.53. The van der Waals surface area contributed by atoms with Gasteiger partial charge in [0.25, 0.3) is 0 Å². The van der Waals surface area contributed by atoms with Crippen LogP contribution in [0.2, 0.25) is 0 Å². The van der Waals surface area contributed by atoms with Crippen molar-refractivity contribution in [2.24, 2.45) is 16.6 Å². The number of rotatable bonds is 4. The molecule has 2 unspecified atom stereocenters. The van der Waals surface area contributed by atoms with Gasteiger partial charge in [0.2, 0.25) is 0 Å². The number of halogens is 1. The van der Waals surface area contributed by atoms with Crippen molar-refractivity contribution < 1.29 is 4.39 Å². The monoisotopic (exact) mass is 275 g/mol. The second kappa shape index (κ2) is 6.07. The van der Waals surface area contributed by atoms with Crippen LogP contribution in [0.4, 0.5) is 4.39 Å². The van der Waals surface area contributed by atoms with Crippen molar-refractivity contribution in [2.45, 2.75) is 32.7 Å². The van der Waals surface area contributed by atoms with E-state index in [0.29, 0.717) is 12.9 Å². The predicted molar refractivity (Wildman–Crippen MR) is 81.7 cm³/mol. The van der Waals surface area contributed by atoms with Gasteiger partial charge in [-0.2, -0.15) is 0 Å². The van der Waals surface area contributed by atoms with Gasteiger partial charge in [-0.3, -0.25) is 4.99 Å². The zero-order chi connectivity index (χ0) is 14.7. The minimum absolute atomic E-state index is 0.0691. The van der Waals surface area contributed by atoms with Gasteiger partial charge in [0.1, 0.15) is 12.2 Å². The van der Waals surface area contributed by atoms with Gasteiger partial charge in [-0.05, 0) is 31.4 Å². The molecule has 1 heterocycles. The van der Waals surface area contributed by atoms with Gasteiger partial charge in [0, 0.05) is 17.8 Å². The Labute approximate surface area is 120 Å². The first-order chi connectivity index (χ1) is 9.58. The molecule has 0 spiro atoms. The van der Waals surface area contributed by atoms with Gasteiger partial charge in [-0.15, -0.1) is 0 Å². The van der Waals surface area contributed by atoms with E-state index in [4.69, 9.17) is 5.73 Å². The Morgan fingerprint density at radius 1 is 1.65 bits per heavy atom. The van der Waals surface area contributed by atoms with E-state index in [0.717, 1.165) is 29.9 Å². The van der Waals surface area contributed by atoms with Crippen molar-refractivity contribution >= 4 is 5.84 Å². The van der Waals surface area contributed by atoms with Crippen molar-refractivity contribution in [1.29, 1.82) is 0 Å². The van der Waals surface area contributed by atoms with E-state index in [2.05, 4.69) is 24.6 Å². The van der Waals surface area contributed by atoms with E-state index >= 15 is 0 Å². The molecule has 0 aromatic carbocycles. The van der Waals surface area contributed by atoms with Crippen LogP contribution >= 0.6 is 0 Å². The molecule has 2 rings (SSSR count). The molecule has 0 saturated heterocycles. The molecule has 2 N–H and O–H groups in total. The Hall–Kier alpha value is -1.84. The van der Waals surface area contributed by atoms with E-state index in [1.54, 1.807) is 0 Å². The molecule has 4 heteroatoms. The Morgan fingerprint density at radius 3 is 2.95 bits per heavy atom. The summed E-state index contributed by atoms with van der Waals surface area (Å²) in [5, 5.41) is 0. The lowest BCUT2D eigenvalue weighted by Gasteiger charge is -2.32. The molecule has 1 aliphatic carbocycles. The van der Waals surface area contributed by atoms with Gasteiger partial charge in [0.05, 0.1) is 12.6 Å². The van der Waals surface area contributed by atoms with E-state index in [-0.39, 0.29) is 12.0 Å². The third-order valence-electron chi connectivity index (χ3n) is 3.92. The molecule has 0 aromatic rings. The average Bonchev–Trinajstić information content (AvgIpc) is 2.83. The van der Waals surface area contributed by atoms with Crippen molar-refractivity contribution in [1.82, 2.24) is 4.90 Å². The van der Waals surface area contributed by atoms with E-state index in [1.165, 1.54) is 11.8 Å². The Morgan fingerprint density at radius 2 is 2.40 bits per heavy atom. The van der Waals surface area contributed by atoms with Gasteiger partial charge in [-0.25, -0.2) is 4.39 Å². The molecule has 0 radical (unpaired) electrons. The number of nitrogens with zero attached hydrogens (tertiary/aromatic N) is 2. The predicted octanol–water partition coefficient (Wildman–Crippen LogP) is 3.28. The fourth-order valence-corrected chi connectivity index (χ4v) is 2.85. The highest BCUT2D eigenvalue weighted by Gasteiger charge is 2.34. The lowest BCUT2D eigenvalue weighted by molar-refractivity contribution is 0.333. The number of aliphatic imine (C=N–C) groups is 1. The summed E-state index contributed by atoms with van der Waals surface area (Å²) in [5.41, 5.74) is 9.18. The second-order valence-electron chi connectivity index (χ2n) is 5.31. The number of amidine groups is 1. The molecule has 3 nitrogen and oxygen atoms in total. The molecule has 20 heavy (non-hydrogen) atoms. The van der Waals surface area contributed by atoms with E-state index < -0.39 is 0 Å². The molecular formula is C16H22FN3. The topological polar surface area (TPSA) is 41.6 Å². The molecule has 0 aromatic heterocycles. The fourth-order valence-electron chi connectivity index (χ4n) is 2.85. The number of allylic oxidation sites excluding steroid dienone is 3. The standard InChI is InChI=1S/C16H22FN3/c1-4-12-5-6-13(14(18)9-12)15-10-19-16(11(2)3)20(15)8-7-17/h5,7-9,13,15H,2,4,6,10,18H2,1,3H3/b8-7-. The van der Waals surface area contributed by atoms with Crippen molar-refractivity contribution in [3.63, 3.8) is 0 Å². The maximum absolute atomic E-state index is 12.7. The Bertz CT molecular complexity index is 514. The van der Waals surface area contributed by atoms with E-state index in [9.17, 15) is 4.39 Å². The summed E-state index contributed by atoms with van der Waals surface area (Å²) in [4.78, 5) is 6.35. The summed E-state index contributed by atoms with van der Waals surface area (Å²) in [6.07, 6.45) is 8.11. The van der Waals surface area contributed by atoms with E-state index in [1.807, 2.05) is 17.9 Å². The molecule has 0 fully saturated rings. The average molecular weight is 275 g/mol. The lowest BCUT2D eigenvalue weighted by Crippen LogP contribution is -2.40. The highest BCUT2D eigenvalue weighted by atomic mass is 19.1. The smallest absolute Gasteiger partial charge is 0.130 e. The third-order valence-corrected chi connectivity index (χ3v) is 3.92. The SMILES string of the molecule is C=C(C)C1=NCC(C2CC=C(CC)C=C2N)N1/C=C\F. The summed E-state index contributed by atoms with van der Waals surface area (Å²) in [5.74, 6) is 0.920. The summed E-state index contributed by atoms with van der Waals surface area (Å²) < 4.78 is 12.7. The Balaban J connectivity index is 2.21. The molecule has 1 aliphatic heterocycles. The molecule has 2 aliphatic rings. The van der Waals surface area contributed by atoms with Gasteiger partial charge in [-0.1, -0.05) is 25.2 Å². The number of hydrogen-bond acceptors (Lipinski definition) is 3. The van der Waals surface area contributed by atoms with Crippen molar-refractivity contribution in [3.05, 3.63) is 48.1 Å². The van der Waals surface area contributed by atoms with Crippen LogP contribution in [0.15, 0.2) is 53.1 Å². The molecular weight excluding hydrogens is 253 g/mol. The summed E-state index contributed by atoms with van der Waals surface area (Å²) in [6, 6.07) is 0.0691. The third kappa shape index (κ3) is 2.69. The minimum Gasteiger partial charge on any atom is -0.402 e. The normalized spacial score (nSPS) is 26.6. The van der Waals surface area contributed by atoms with Crippen LogP contribution in [-0.2, 0) is 0 Å². The largest absolute Gasteiger partial charge is 0.402 e. The Kier molecular flexibility index (Phi) is 4.42. The number of nitrogens with two attached hydrogens (primary N) is 1.